The molecule has 0 bridgehead atoms. The number of aryl methyl sites for hydroxylation is 1. The fraction of sp³-hybridized carbons (Fsp3) is 0.421. The second-order valence-electron chi connectivity index (χ2n) is 7.36. The molecule has 1 saturated carbocycles. The Kier molecular flexibility index (Phi) is 4.73. The summed E-state index contributed by atoms with van der Waals surface area (Å²) < 4.78 is 71.6. The fourth-order valence-electron chi connectivity index (χ4n) is 3.38. The second-order valence-corrected chi connectivity index (χ2v) is 9.29. The van der Waals surface area contributed by atoms with Gasteiger partial charge in [-0.1, -0.05) is 0 Å². The number of pyridine rings is 1. The first-order chi connectivity index (χ1) is 13.6. The SMILES string of the molecule is Cc1cc(OC2CN(S(=O)(=O)c3ccc(C(F)(F)F)cc3)C2)cc(=O)n1C1CC1. The molecule has 0 amide bonds. The van der Waals surface area contributed by atoms with Gasteiger partial charge in [-0.15, -0.1) is 0 Å². The number of hydrogen-bond acceptors (Lipinski definition) is 4. The van der Waals surface area contributed by atoms with E-state index in [9.17, 15) is 26.4 Å². The summed E-state index contributed by atoms with van der Waals surface area (Å²) in [5.74, 6) is 0.390. The number of aromatic nitrogens is 1. The molecule has 1 aromatic heterocycles. The zero-order valence-corrected chi connectivity index (χ0v) is 16.3. The quantitative estimate of drug-likeness (QED) is 0.734. The average Bonchev–Trinajstić information content (AvgIpc) is 3.41. The van der Waals surface area contributed by atoms with Crippen LogP contribution in [0.1, 0.15) is 30.1 Å². The molecule has 1 aliphatic carbocycles. The lowest BCUT2D eigenvalue weighted by Crippen LogP contribution is -2.56. The van der Waals surface area contributed by atoms with E-state index in [0.717, 1.165) is 47.1 Å². The molecule has 10 heteroatoms. The lowest BCUT2D eigenvalue weighted by molar-refractivity contribution is -0.137. The van der Waals surface area contributed by atoms with E-state index < -0.39 is 27.9 Å². The van der Waals surface area contributed by atoms with E-state index in [1.165, 1.54) is 6.07 Å². The summed E-state index contributed by atoms with van der Waals surface area (Å²) in [4.78, 5) is 12.0. The Bertz CT molecular complexity index is 1080. The molecule has 2 aromatic rings. The lowest BCUT2D eigenvalue weighted by atomic mass is 10.2. The summed E-state index contributed by atoms with van der Waals surface area (Å²) in [7, 11) is -3.90. The smallest absolute Gasteiger partial charge is 0.416 e. The molecule has 6 nitrogen and oxygen atoms in total. The Hall–Kier alpha value is -2.33. The summed E-state index contributed by atoms with van der Waals surface area (Å²) in [5, 5.41) is 0. The van der Waals surface area contributed by atoms with Crippen molar-refractivity contribution in [3.05, 3.63) is 58.0 Å². The Balaban J connectivity index is 1.41. The van der Waals surface area contributed by atoms with Crippen molar-refractivity contribution in [3.63, 3.8) is 0 Å². The van der Waals surface area contributed by atoms with E-state index >= 15 is 0 Å². The maximum absolute atomic E-state index is 12.6. The molecule has 2 heterocycles. The van der Waals surface area contributed by atoms with Crippen LogP contribution in [0, 0.1) is 6.92 Å². The molecule has 29 heavy (non-hydrogen) atoms. The highest BCUT2D eigenvalue weighted by atomic mass is 32.2. The van der Waals surface area contributed by atoms with Gasteiger partial charge in [0.05, 0.1) is 23.5 Å². The van der Waals surface area contributed by atoms with Gasteiger partial charge >= 0.3 is 6.18 Å². The number of halogens is 3. The van der Waals surface area contributed by atoms with E-state index in [1.54, 1.807) is 10.6 Å². The first-order valence-electron chi connectivity index (χ1n) is 9.13. The van der Waals surface area contributed by atoms with Gasteiger partial charge < -0.3 is 9.30 Å². The van der Waals surface area contributed by atoms with Gasteiger partial charge in [-0.3, -0.25) is 4.79 Å². The van der Waals surface area contributed by atoms with Gasteiger partial charge in [-0.2, -0.15) is 17.5 Å². The Morgan fingerprint density at radius 1 is 1.07 bits per heavy atom. The van der Waals surface area contributed by atoms with Crippen LogP contribution in [0.15, 0.2) is 46.1 Å². The summed E-state index contributed by atoms with van der Waals surface area (Å²) in [6, 6.07) is 6.81. The van der Waals surface area contributed by atoms with Crippen LogP contribution in [0.5, 0.6) is 5.75 Å². The largest absolute Gasteiger partial charge is 0.487 e. The van der Waals surface area contributed by atoms with Crippen LogP contribution in [-0.2, 0) is 16.2 Å². The van der Waals surface area contributed by atoms with Crippen molar-refractivity contribution in [2.24, 2.45) is 0 Å². The van der Waals surface area contributed by atoms with Gasteiger partial charge in [-0.25, -0.2) is 8.42 Å². The molecule has 2 aliphatic rings. The minimum Gasteiger partial charge on any atom is -0.487 e. The topological polar surface area (TPSA) is 68.6 Å². The van der Waals surface area contributed by atoms with Crippen molar-refractivity contribution >= 4 is 10.0 Å². The molecule has 0 atom stereocenters. The highest BCUT2D eigenvalue weighted by Gasteiger charge is 2.39. The highest BCUT2D eigenvalue weighted by molar-refractivity contribution is 7.89. The number of benzene rings is 1. The molecule has 4 rings (SSSR count). The third kappa shape index (κ3) is 3.91. The van der Waals surface area contributed by atoms with E-state index in [0.29, 0.717) is 5.75 Å². The predicted octanol–water partition coefficient (Wildman–Crippen LogP) is 2.96. The number of hydrogen-bond donors (Lipinski definition) is 0. The van der Waals surface area contributed by atoms with Gasteiger partial charge in [0.15, 0.2) is 0 Å². The van der Waals surface area contributed by atoms with Crippen molar-refractivity contribution < 1.29 is 26.3 Å². The number of ether oxygens (including phenoxy) is 1. The van der Waals surface area contributed by atoms with Crippen molar-refractivity contribution in [2.45, 2.75) is 43.0 Å². The first-order valence-corrected chi connectivity index (χ1v) is 10.6. The third-order valence-corrected chi connectivity index (χ3v) is 6.93. The van der Waals surface area contributed by atoms with Crippen LogP contribution in [-0.4, -0.2) is 36.5 Å². The minimum absolute atomic E-state index is 0.0636. The minimum atomic E-state index is -4.52. The number of rotatable bonds is 5. The van der Waals surface area contributed by atoms with Gasteiger partial charge in [0.25, 0.3) is 5.56 Å². The maximum Gasteiger partial charge on any atom is 0.416 e. The standard InChI is InChI=1S/C19H19F3N2O4S/c1-12-8-15(9-18(25)24(12)14-4-5-14)28-16-10-23(11-16)29(26,27)17-6-2-13(3-7-17)19(20,21)22/h2-3,6-9,14,16H,4-5,10-11H2,1H3. The normalized spacial score (nSPS) is 18.5. The van der Waals surface area contributed by atoms with E-state index in [4.69, 9.17) is 4.74 Å². The number of nitrogens with zero attached hydrogens (tertiary/aromatic N) is 2. The summed E-state index contributed by atoms with van der Waals surface area (Å²) in [5.41, 5.74) is -0.253. The Morgan fingerprint density at radius 2 is 1.69 bits per heavy atom. The molecule has 0 radical (unpaired) electrons. The molecule has 1 aliphatic heterocycles. The van der Waals surface area contributed by atoms with Gasteiger partial charge in [0.2, 0.25) is 10.0 Å². The third-order valence-electron chi connectivity index (χ3n) is 5.08. The van der Waals surface area contributed by atoms with Crippen LogP contribution in [0.25, 0.3) is 0 Å². The number of sulfonamides is 1. The van der Waals surface area contributed by atoms with E-state index in [2.05, 4.69) is 0 Å². The molecule has 0 N–H and O–H groups in total. The van der Waals surface area contributed by atoms with Gasteiger partial charge in [0, 0.05) is 17.8 Å². The van der Waals surface area contributed by atoms with Crippen LogP contribution < -0.4 is 10.3 Å². The van der Waals surface area contributed by atoms with Crippen molar-refractivity contribution in [2.75, 3.05) is 13.1 Å². The monoisotopic (exact) mass is 428 g/mol. The molecule has 1 saturated heterocycles. The lowest BCUT2D eigenvalue weighted by Gasteiger charge is -2.37. The Labute approximate surface area is 165 Å². The average molecular weight is 428 g/mol. The summed E-state index contributed by atoms with van der Waals surface area (Å²) in [6.07, 6.45) is -2.97. The zero-order chi connectivity index (χ0) is 21.0. The van der Waals surface area contributed by atoms with Crippen molar-refractivity contribution in [1.29, 1.82) is 0 Å². The van der Waals surface area contributed by atoms with E-state index in [-0.39, 0.29) is 29.6 Å². The van der Waals surface area contributed by atoms with Crippen molar-refractivity contribution in [1.82, 2.24) is 8.87 Å². The van der Waals surface area contributed by atoms with Crippen LogP contribution >= 0.6 is 0 Å². The van der Waals surface area contributed by atoms with Gasteiger partial charge in [0.1, 0.15) is 11.9 Å². The summed E-state index contributed by atoms with van der Waals surface area (Å²) >= 11 is 0. The predicted molar refractivity (Wildman–Crippen MR) is 98.3 cm³/mol. The van der Waals surface area contributed by atoms with E-state index in [1.807, 2.05) is 6.92 Å². The molecule has 1 aromatic carbocycles. The van der Waals surface area contributed by atoms with Gasteiger partial charge in [-0.05, 0) is 50.1 Å². The fourth-order valence-corrected chi connectivity index (χ4v) is 4.88. The molecule has 0 unspecified atom stereocenters. The van der Waals surface area contributed by atoms with Crippen LogP contribution in [0.3, 0.4) is 0 Å². The second kappa shape index (κ2) is 6.88. The van der Waals surface area contributed by atoms with Crippen LogP contribution in [0.2, 0.25) is 0 Å². The molecule has 156 valence electrons. The summed E-state index contributed by atoms with van der Waals surface area (Å²) in [6.45, 7) is 1.96. The molecular formula is C19H19F3N2O4S. The maximum atomic E-state index is 12.6. The molecular weight excluding hydrogens is 409 g/mol. The number of alkyl halides is 3. The zero-order valence-electron chi connectivity index (χ0n) is 15.5. The molecule has 0 spiro atoms. The van der Waals surface area contributed by atoms with Crippen LogP contribution in [0.4, 0.5) is 13.2 Å². The Morgan fingerprint density at radius 3 is 2.21 bits per heavy atom. The molecule has 2 fully saturated rings. The highest BCUT2D eigenvalue weighted by Crippen LogP contribution is 2.35. The van der Waals surface area contributed by atoms with Crippen molar-refractivity contribution in [3.8, 4) is 5.75 Å². The first kappa shape index (κ1) is 20.0.